The highest BCUT2D eigenvalue weighted by atomic mass is 32.2. The maximum Gasteiger partial charge on any atom is 0.242 e. The first kappa shape index (κ1) is 12.0. The SMILES string of the molecule is O=S(=O)(NCCCO)c1c[nH]c2ncccc12. The molecule has 2 rings (SSSR count). The van der Waals surface area contributed by atoms with Crippen LogP contribution in [0, 0.1) is 0 Å². The van der Waals surface area contributed by atoms with Crippen molar-refractivity contribution in [1.29, 1.82) is 0 Å². The van der Waals surface area contributed by atoms with Crippen molar-refractivity contribution in [3.63, 3.8) is 0 Å². The molecular formula is C10H13N3O3S. The van der Waals surface area contributed by atoms with Crippen molar-refractivity contribution in [2.75, 3.05) is 13.2 Å². The fourth-order valence-electron chi connectivity index (χ4n) is 1.52. The Labute approximate surface area is 98.7 Å². The number of aromatic amines is 1. The summed E-state index contributed by atoms with van der Waals surface area (Å²) < 4.78 is 26.3. The number of aromatic nitrogens is 2. The number of aliphatic hydroxyl groups is 1. The summed E-state index contributed by atoms with van der Waals surface area (Å²) in [6.45, 7) is 0.170. The van der Waals surface area contributed by atoms with Crippen molar-refractivity contribution in [2.45, 2.75) is 11.3 Å². The van der Waals surface area contributed by atoms with E-state index < -0.39 is 10.0 Å². The Balaban J connectivity index is 2.33. The zero-order chi connectivity index (χ0) is 12.3. The van der Waals surface area contributed by atoms with E-state index in [1.54, 1.807) is 18.3 Å². The number of pyridine rings is 1. The van der Waals surface area contributed by atoms with E-state index in [0.29, 0.717) is 17.5 Å². The van der Waals surface area contributed by atoms with Gasteiger partial charge in [0.25, 0.3) is 0 Å². The fraction of sp³-hybridized carbons (Fsp3) is 0.300. The second-order valence-electron chi connectivity index (χ2n) is 3.53. The summed E-state index contributed by atoms with van der Waals surface area (Å²) in [5.41, 5.74) is 0.537. The Hall–Kier alpha value is -1.44. The summed E-state index contributed by atoms with van der Waals surface area (Å²) in [6.07, 6.45) is 3.40. The third-order valence-electron chi connectivity index (χ3n) is 2.33. The molecule has 2 heterocycles. The Bertz CT molecular complexity index is 606. The maximum atomic E-state index is 11.9. The molecule has 0 spiro atoms. The first-order valence-electron chi connectivity index (χ1n) is 5.18. The monoisotopic (exact) mass is 255 g/mol. The Morgan fingerprint density at radius 3 is 3.06 bits per heavy atom. The van der Waals surface area contributed by atoms with Crippen LogP contribution in [0.3, 0.4) is 0 Å². The van der Waals surface area contributed by atoms with Crippen LogP contribution in [0.15, 0.2) is 29.4 Å². The third-order valence-corrected chi connectivity index (χ3v) is 3.83. The van der Waals surface area contributed by atoms with Gasteiger partial charge in [-0.2, -0.15) is 0 Å². The lowest BCUT2D eigenvalue weighted by Crippen LogP contribution is -2.25. The molecule has 0 unspecified atom stereocenters. The van der Waals surface area contributed by atoms with Crippen LogP contribution in [0.1, 0.15) is 6.42 Å². The van der Waals surface area contributed by atoms with Gasteiger partial charge in [0.15, 0.2) is 0 Å². The van der Waals surface area contributed by atoms with Crippen LogP contribution < -0.4 is 4.72 Å². The molecule has 0 fully saturated rings. The number of hydrogen-bond donors (Lipinski definition) is 3. The highest BCUT2D eigenvalue weighted by Gasteiger charge is 2.18. The summed E-state index contributed by atoms with van der Waals surface area (Å²) in [5, 5.41) is 9.17. The number of nitrogens with one attached hydrogen (secondary N) is 2. The van der Waals surface area contributed by atoms with Crippen molar-refractivity contribution >= 4 is 21.1 Å². The molecule has 0 aliphatic heterocycles. The van der Waals surface area contributed by atoms with Crippen LogP contribution in [-0.4, -0.2) is 36.6 Å². The zero-order valence-electron chi connectivity index (χ0n) is 9.05. The summed E-state index contributed by atoms with van der Waals surface area (Å²) in [4.78, 5) is 7.01. The van der Waals surface area contributed by atoms with E-state index >= 15 is 0 Å². The van der Waals surface area contributed by atoms with E-state index in [1.807, 2.05) is 0 Å². The maximum absolute atomic E-state index is 11.9. The van der Waals surface area contributed by atoms with Gasteiger partial charge in [-0.15, -0.1) is 0 Å². The van der Waals surface area contributed by atoms with Gasteiger partial charge in [0, 0.05) is 30.9 Å². The van der Waals surface area contributed by atoms with Gasteiger partial charge in [-0.3, -0.25) is 0 Å². The largest absolute Gasteiger partial charge is 0.396 e. The molecule has 0 bridgehead atoms. The lowest BCUT2D eigenvalue weighted by molar-refractivity contribution is 0.289. The van der Waals surface area contributed by atoms with E-state index in [-0.39, 0.29) is 18.0 Å². The molecule has 0 amide bonds. The standard InChI is InChI=1S/C10H13N3O3S/c14-6-2-5-13-17(15,16)9-7-12-10-8(9)3-1-4-11-10/h1,3-4,7,13-14H,2,5-6H2,(H,11,12). The molecular weight excluding hydrogens is 242 g/mol. The molecule has 0 saturated heterocycles. The van der Waals surface area contributed by atoms with Crippen molar-refractivity contribution in [3.05, 3.63) is 24.5 Å². The number of H-pyrrole nitrogens is 1. The van der Waals surface area contributed by atoms with Crippen LogP contribution >= 0.6 is 0 Å². The highest BCUT2D eigenvalue weighted by Crippen LogP contribution is 2.20. The molecule has 0 saturated carbocycles. The average Bonchev–Trinajstić information content (AvgIpc) is 2.73. The smallest absolute Gasteiger partial charge is 0.242 e. The van der Waals surface area contributed by atoms with Gasteiger partial charge >= 0.3 is 0 Å². The zero-order valence-corrected chi connectivity index (χ0v) is 9.87. The normalized spacial score (nSPS) is 12.1. The van der Waals surface area contributed by atoms with Gasteiger partial charge in [0.1, 0.15) is 10.5 Å². The molecule has 7 heteroatoms. The van der Waals surface area contributed by atoms with Crippen molar-refractivity contribution in [3.8, 4) is 0 Å². The van der Waals surface area contributed by atoms with Crippen LogP contribution in [0.2, 0.25) is 0 Å². The number of hydrogen-bond acceptors (Lipinski definition) is 4. The Morgan fingerprint density at radius 2 is 2.29 bits per heavy atom. The molecule has 2 aromatic heterocycles. The summed E-state index contributed by atoms with van der Waals surface area (Å²) >= 11 is 0. The van der Waals surface area contributed by atoms with Crippen molar-refractivity contribution in [2.24, 2.45) is 0 Å². The van der Waals surface area contributed by atoms with Crippen LogP contribution in [0.5, 0.6) is 0 Å². The molecule has 0 aromatic carbocycles. The summed E-state index contributed by atoms with van der Waals surface area (Å²) in [6, 6.07) is 3.38. The molecule has 0 radical (unpaired) electrons. The predicted molar refractivity (Wildman–Crippen MR) is 63.0 cm³/mol. The topological polar surface area (TPSA) is 95.1 Å². The minimum atomic E-state index is -3.55. The Kier molecular flexibility index (Phi) is 3.41. The van der Waals surface area contributed by atoms with Crippen LogP contribution in [-0.2, 0) is 10.0 Å². The van der Waals surface area contributed by atoms with Gasteiger partial charge in [-0.25, -0.2) is 18.1 Å². The van der Waals surface area contributed by atoms with Crippen LogP contribution in [0.4, 0.5) is 0 Å². The molecule has 3 N–H and O–H groups in total. The molecule has 92 valence electrons. The number of sulfonamides is 1. The van der Waals surface area contributed by atoms with Gasteiger partial charge in [0.2, 0.25) is 10.0 Å². The van der Waals surface area contributed by atoms with Gasteiger partial charge in [0.05, 0.1) is 0 Å². The van der Waals surface area contributed by atoms with Gasteiger partial charge in [-0.05, 0) is 18.6 Å². The second kappa shape index (κ2) is 4.82. The fourth-order valence-corrected chi connectivity index (χ4v) is 2.75. The number of aliphatic hydroxyl groups excluding tert-OH is 1. The van der Waals surface area contributed by atoms with E-state index in [1.165, 1.54) is 6.20 Å². The molecule has 0 atom stereocenters. The predicted octanol–water partition coefficient (Wildman–Crippen LogP) is 0.224. The van der Waals surface area contributed by atoms with Crippen molar-refractivity contribution in [1.82, 2.24) is 14.7 Å². The van der Waals surface area contributed by atoms with E-state index in [4.69, 9.17) is 5.11 Å². The van der Waals surface area contributed by atoms with E-state index in [2.05, 4.69) is 14.7 Å². The molecule has 0 aliphatic carbocycles. The second-order valence-corrected chi connectivity index (χ2v) is 5.26. The summed E-state index contributed by atoms with van der Waals surface area (Å²) in [7, 11) is -3.55. The summed E-state index contributed by atoms with van der Waals surface area (Å²) in [5.74, 6) is 0. The number of rotatable bonds is 5. The molecule has 17 heavy (non-hydrogen) atoms. The average molecular weight is 255 g/mol. The molecule has 2 aromatic rings. The molecule has 6 nitrogen and oxygen atoms in total. The Morgan fingerprint density at radius 1 is 1.47 bits per heavy atom. The quantitative estimate of drug-likeness (QED) is 0.666. The van der Waals surface area contributed by atoms with Gasteiger partial charge < -0.3 is 10.1 Å². The minimum Gasteiger partial charge on any atom is -0.396 e. The first-order chi connectivity index (χ1) is 8.15. The van der Waals surface area contributed by atoms with Crippen molar-refractivity contribution < 1.29 is 13.5 Å². The van der Waals surface area contributed by atoms with Gasteiger partial charge in [-0.1, -0.05) is 0 Å². The minimum absolute atomic E-state index is 0.0437. The number of nitrogens with zero attached hydrogens (tertiary/aromatic N) is 1. The number of fused-ring (bicyclic) bond motifs is 1. The third kappa shape index (κ3) is 2.46. The lowest BCUT2D eigenvalue weighted by Gasteiger charge is -2.04. The van der Waals surface area contributed by atoms with E-state index in [0.717, 1.165) is 0 Å². The first-order valence-corrected chi connectivity index (χ1v) is 6.66. The lowest BCUT2D eigenvalue weighted by atomic mass is 10.3. The molecule has 0 aliphatic rings. The van der Waals surface area contributed by atoms with Crippen LogP contribution in [0.25, 0.3) is 11.0 Å². The van der Waals surface area contributed by atoms with E-state index in [9.17, 15) is 8.42 Å². The highest BCUT2D eigenvalue weighted by molar-refractivity contribution is 7.89.